The molecule has 0 saturated heterocycles. The molecule has 0 heterocycles. The van der Waals surface area contributed by atoms with Gasteiger partial charge in [-0.25, -0.2) is 0 Å². The molecule has 0 aliphatic heterocycles. The van der Waals surface area contributed by atoms with Gasteiger partial charge < -0.3 is 10.5 Å². The molecule has 0 saturated carbocycles. The van der Waals surface area contributed by atoms with Gasteiger partial charge in [-0.15, -0.1) is 0 Å². The van der Waals surface area contributed by atoms with Gasteiger partial charge in [-0.2, -0.15) is 5.10 Å². The minimum atomic E-state index is 0.145. The largest absolute Gasteiger partial charge is 0.396 e. The Balaban J connectivity index is 3.43. The Hall–Kier alpha value is -0.570. The lowest BCUT2D eigenvalue weighted by Gasteiger charge is -2.07. The molecule has 0 radical (unpaired) electrons. The van der Waals surface area contributed by atoms with Gasteiger partial charge in [0.05, 0.1) is 6.61 Å². The first-order valence-electron chi connectivity index (χ1n) is 4.10. The third-order valence-electron chi connectivity index (χ3n) is 1.52. The van der Waals surface area contributed by atoms with Crippen LogP contribution < -0.4 is 5.43 Å². The van der Waals surface area contributed by atoms with E-state index < -0.39 is 0 Å². The first-order chi connectivity index (χ1) is 5.20. The van der Waals surface area contributed by atoms with E-state index >= 15 is 0 Å². The number of nitrogens with zero attached hydrogens (tertiary/aromatic N) is 1. The van der Waals surface area contributed by atoms with Crippen molar-refractivity contribution in [3.63, 3.8) is 0 Å². The van der Waals surface area contributed by atoms with Crippen LogP contribution in [0.5, 0.6) is 0 Å². The maximum Gasteiger partial charge on any atom is 0.0506 e. The fraction of sp³-hybridized carbons (Fsp3) is 0.875. The quantitative estimate of drug-likeness (QED) is 0.463. The normalized spacial score (nSPS) is 16.7. The number of hydrogen-bond acceptors (Lipinski definition) is 3. The van der Waals surface area contributed by atoms with Crippen LogP contribution in [0.3, 0.4) is 0 Å². The van der Waals surface area contributed by atoms with Crippen molar-refractivity contribution in [3.05, 3.63) is 0 Å². The number of hydrogen-bond donors (Lipinski definition) is 2. The van der Waals surface area contributed by atoms with Crippen molar-refractivity contribution >= 4 is 6.21 Å². The zero-order chi connectivity index (χ0) is 8.69. The van der Waals surface area contributed by atoms with E-state index in [9.17, 15) is 0 Å². The summed E-state index contributed by atoms with van der Waals surface area (Å²) in [6.07, 6.45) is 2.79. The van der Waals surface area contributed by atoms with Gasteiger partial charge in [0.15, 0.2) is 0 Å². The number of aliphatic hydroxyl groups excluding tert-OH is 1. The van der Waals surface area contributed by atoms with Crippen molar-refractivity contribution < 1.29 is 5.11 Å². The van der Waals surface area contributed by atoms with E-state index in [1.165, 1.54) is 0 Å². The van der Waals surface area contributed by atoms with E-state index in [0.29, 0.717) is 6.04 Å². The van der Waals surface area contributed by atoms with Crippen LogP contribution in [0.2, 0.25) is 0 Å². The smallest absolute Gasteiger partial charge is 0.0506 e. The lowest BCUT2D eigenvalue weighted by molar-refractivity contribution is 0.271. The highest BCUT2D eigenvalue weighted by molar-refractivity contribution is 5.59. The SMILES string of the molecule is CCC(C)N/N=C/[C@H](C)CO. The minimum absolute atomic E-state index is 0.145. The van der Waals surface area contributed by atoms with Crippen LogP contribution in [0.4, 0.5) is 0 Å². The van der Waals surface area contributed by atoms with Crippen LogP contribution >= 0.6 is 0 Å². The second-order valence-electron chi connectivity index (χ2n) is 2.88. The summed E-state index contributed by atoms with van der Waals surface area (Å²) in [5.41, 5.74) is 2.96. The molecule has 0 aliphatic carbocycles. The lowest BCUT2D eigenvalue weighted by Crippen LogP contribution is -2.20. The first kappa shape index (κ1) is 10.4. The molecule has 0 amide bonds. The maximum absolute atomic E-state index is 8.64. The molecule has 1 unspecified atom stereocenters. The molecule has 0 fully saturated rings. The van der Waals surface area contributed by atoms with Crippen molar-refractivity contribution in [3.8, 4) is 0 Å². The second kappa shape index (κ2) is 6.16. The van der Waals surface area contributed by atoms with E-state index in [1.807, 2.05) is 6.92 Å². The van der Waals surface area contributed by atoms with E-state index in [-0.39, 0.29) is 12.5 Å². The fourth-order valence-corrected chi connectivity index (χ4v) is 0.436. The highest BCUT2D eigenvalue weighted by Crippen LogP contribution is 1.88. The zero-order valence-electron chi connectivity index (χ0n) is 7.54. The van der Waals surface area contributed by atoms with Crippen molar-refractivity contribution in [1.29, 1.82) is 0 Å². The molecule has 0 aromatic carbocycles. The van der Waals surface area contributed by atoms with E-state index in [1.54, 1.807) is 6.21 Å². The van der Waals surface area contributed by atoms with Crippen LogP contribution in [0, 0.1) is 5.92 Å². The van der Waals surface area contributed by atoms with Crippen LogP contribution in [0.1, 0.15) is 27.2 Å². The van der Waals surface area contributed by atoms with E-state index in [2.05, 4.69) is 24.4 Å². The van der Waals surface area contributed by atoms with Gasteiger partial charge in [0.2, 0.25) is 0 Å². The van der Waals surface area contributed by atoms with Crippen molar-refractivity contribution in [2.45, 2.75) is 33.2 Å². The van der Waals surface area contributed by atoms with Crippen LogP contribution in [0.25, 0.3) is 0 Å². The third-order valence-corrected chi connectivity index (χ3v) is 1.52. The summed E-state index contributed by atoms with van der Waals surface area (Å²) in [5.74, 6) is 0.145. The van der Waals surface area contributed by atoms with Crippen LogP contribution in [-0.4, -0.2) is 24.0 Å². The maximum atomic E-state index is 8.64. The van der Waals surface area contributed by atoms with Crippen LogP contribution in [0.15, 0.2) is 5.10 Å². The summed E-state index contributed by atoms with van der Waals surface area (Å²) < 4.78 is 0. The average molecular weight is 158 g/mol. The van der Waals surface area contributed by atoms with Gasteiger partial charge in [-0.1, -0.05) is 13.8 Å². The number of hydrazone groups is 1. The van der Waals surface area contributed by atoms with Gasteiger partial charge in [-0.3, -0.25) is 0 Å². The molecule has 3 nitrogen and oxygen atoms in total. The Morgan fingerprint density at radius 3 is 2.64 bits per heavy atom. The first-order valence-corrected chi connectivity index (χ1v) is 4.10. The second-order valence-corrected chi connectivity index (χ2v) is 2.88. The Bertz CT molecular complexity index is 115. The molecule has 11 heavy (non-hydrogen) atoms. The molecular formula is C8H18N2O. The molecule has 0 aromatic rings. The zero-order valence-corrected chi connectivity index (χ0v) is 7.54. The van der Waals surface area contributed by atoms with Gasteiger partial charge in [0.25, 0.3) is 0 Å². The number of rotatable bonds is 5. The minimum Gasteiger partial charge on any atom is -0.396 e. The van der Waals surface area contributed by atoms with Gasteiger partial charge >= 0.3 is 0 Å². The monoisotopic (exact) mass is 158 g/mol. The molecule has 0 bridgehead atoms. The third kappa shape index (κ3) is 5.85. The van der Waals surface area contributed by atoms with Gasteiger partial charge in [0, 0.05) is 18.2 Å². The molecule has 0 aromatic heterocycles. The molecule has 2 atom stereocenters. The predicted octanol–water partition coefficient (Wildman–Crippen LogP) is 0.989. The van der Waals surface area contributed by atoms with Crippen molar-refractivity contribution in [2.75, 3.05) is 6.61 Å². The van der Waals surface area contributed by atoms with E-state index in [4.69, 9.17) is 5.11 Å². The van der Waals surface area contributed by atoms with Crippen LogP contribution in [-0.2, 0) is 0 Å². The number of nitrogens with one attached hydrogen (secondary N) is 1. The standard InChI is InChI=1S/C8H18N2O/c1-4-8(3)10-9-5-7(2)6-11/h5,7-8,10-11H,4,6H2,1-3H3/b9-5+/t7-,8?/m0/s1. The average Bonchev–Trinajstić information content (AvgIpc) is 2.04. The molecule has 0 spiro atoms. The molecular weight excluding hydrogens is 140 g/mol. The summed E-state index contributed by atoms with van der Waals surface area (Å²) in [6, 6.07) is 0.414. The Kier molecular flexibility index (Phi) is 5.84. The Labute approximate surface area is 68.5 Å². The van der Waals surface area contributed by atoms with Crippen molar-refractivity contribution in [1.82, 2.24) is 5.43 Å². The lowest BCUT2D eigenvalue weighted by atomic mass is 10.2. The summed E-state index contributed by atoms with van der Waals surface area (Å²) in [7, 11) is 0. The number of aliphatic hydroxyl groups is 1. The molecule has 66 valence electrons. The Morgan fingerprint density at radius 1 is 1.55 bits per heavy atom. The van der Waals surface area contributed by atoms with Gasteiger partial charge in [0.1, 0.15) is 0 Å². The molecule has 3 heteroatoms. The highest BCUT2D eigenvalue weighted by atomic mass is 16.3. The fourth-order valence-electron chi connectivity index (χ4n) is 0.436. The van der Waals surface area contributed by atoms with Gasteiger partial charge in [-0.05, 0) is 13.3 Å². The summed E-state index contributed by atoms with van der Waals surface area (Å²) in [6.45, 7) is 6.25. The molecule has 0 rings (SSSR count). The predicted molar refractivity (Wildman–Crippen MR) is 47.6 cm³/mol. The summed E-state index contributed by atoms with van der Waals surface area (Å²) >= 11 is 0. The summed E-state index contributed by atoms with van der Waals surface area (Å²) in [5, 5.41) is 12.6. The highest BCUT2D eigenvalue weighted by Gasteiger charge is 1.94. The topological polar surface area (TPSA) is 44.6 Å². The van der Waals surface area contributed by atoms with E-state index in [0.717, 1.165) is 6.42 Å². The molecule has 2 N–H and O–H groups in total. The van der Waals surface area contributed by atoms with Crippen molar-refractivity contribution in [2.24, 2.45) is 11.0 Å². The summed E-state index contributed by atoms with van der Waals surface area (Å²) in [4.78, 5) is 0. The molecule has 0 aliphatic rings. The Morgan fingerprint density at radius 2 is 2.18 bits per heavy atom.